The van der Waals surface area contributed by atoms with E-state index in [1.807, 2.05) is 6.92 Å². The molecule has 142 valence electrons. The summed E-state index contributed by atoms with van der Waals surface area (Å²) in [4.78, 5) is 0. The molecule has 0 bridgehead atoms. The molecule has 0 aromatic rings. The Morgan fingerprint density at radius 2 is 1.36 bits per heavy atom. The summed E-state index contributed by atoms with van der Waals surface area (Å²) in [6, 6.07) is 0. The van der Waals surface area contributed by atoms with Gasteiger partial charge in [-0.05, 0) is 13.0 Å². The predicted molar refractivity (Wildman–Crippen MR) is 126 cm³/mol. The first-order chi connectivity index (χ1) is 10.6. The van der Waals surface area contributed by atoms with E-state index in [1.54, 1.807) is 6.08 Å². The maximum atomic E-state index is 5.62. The average molecular weight is 446 g/mol. The molecule has 0 radical (unpaired) electrons. The summed E-state index contributed by atoms with van der Waals surface area (Å²) >= 11 is 0. The second-order valence-electron chi connectivity index (χ2n) is 9.59. The van der Waals surface area contributed by atoms with Crippen molar-refractivity contribution in [1.29, 1.82) is 0 Å². The largest absolute Gasteiger partial charge is 0.284 e. The monoisotopic (exact) mass is 445 g/mol. The quantitative estimate of drug-likeness (QED) is 0.229. The van der Waals surface area contributed by atoms with Gasteiger partial charge in [0.2, 0.25) is 0 Å². The van der Waals surface area contributed by atoms with Crippen LogP contribution in [0.4, 0.5) is 0 Å². The third-order valence-electron chi connectivity index (χ3n) is 4.29. The topological polar surface area (TPSA) is 12.4 Å². The van der Waals surface area contributed by atoms with Crippen LogP contribution < -0.4 is 0 Å². The summed E-state index contributed by atoms with van der Waals surface area (Å²) in [6.07, 6.45) is 9.49. The molecule has 0 atom stereocenters. The summed E-state index contributed by atoms with van der Waals surface area (Å²) < 4.78 is 5.62. The average Bonchev–Trinajstić information content (AvgIpc) is 2.84. The minimum atomic E-state index is -1.28. The van der Waals surface area contributed by atoms with Crippen LogP contribution in [-0.4, -0.2) is 23.2 Å². The molecule has 0 aromatic carbocycles. The molecule has 0 aliphatic heterocycles. The van der Waals surface area contributed by atoms with Crippen LogP contribution in [0.1, 0.15) is 13.3 Å². The summed E-state index contributed by atoms with van der Waals surface area (Å²) in [5.41, 5.74) is 1.23. The van der Waals surface area contributed by atoms with E-state index in [2.05, 4.69) is 90.3 Å². The van der Waals surface area contributed by atoms with Crippen molar-refractivity contribution in [2.75, 3.05) is 0 Å². The fourth-order valence-corrected chi connectivity index (χ4v) is 87.9. The Hall–Kier alpha value is 0.555. The second kappa shape index (κ2) is 10.2. The van der Waals surface area contributed by atoms with Gasteiger partial charge in [-0.1, -0.05) is 102 Å². The Labute approximate surface area is 175 Å². The van der Waals surface area contributed by atoms with Crippen molar-refractivity contribution in [3.63, 3.8) is 0 Å². The van der Waals surface area contributed by atoms with Crippen molar-refractivity contribution < 1.29 is 21.7 Å². The third-order valence-corrected chi connectivity index (χ3v) is 65.3. The second-order valence-corrected chi connectivity index (χ2v) is 46.0. The van der Waals surface area contributed by atoms with Gasteiger partial charge in [-0.2, -0.15) is 0 Å². The van der Waals surface area contributed by atoms with E-state index in [0.29, 0.717) is 0 Å². The van der Waals surface area contributed by atoms with E-state index in [9.17, 15) is 0 Å². The zero-order valence-corrected chi connectivity index (χ0v) is 23.8. The zero-order valence-electron chi connectivity index (χ0n) is 18.3. The van der Waals surface area contributed by atoms with E-state index >= 15 is 0 Å². The van der Waals surface area contributed by atoms with Crippen LogP contribution in [0.5, 0.6) is 0 Å². The van der Waals surface area contributed by atoms with Crippen LogP contribution in [0.2, 0.25) is 58.9 Å². The first-order valence-corrected chi connectivity index (χ1v) is 23.6. The van der Waals surface area contributed by atoms with Crippen LogP contribution in [0, 0.1) is 0 Å². The summed E-state index contributed by atoms with van der Waals surface area (Å²) in [5.74, 6) is 0. The Bertz CT molecular complexity index is 542. The van der Waals surface area contributed by atoms with Gasteiger partial charge < -0.3 is 0 Å². The number of allylic oxidation sites excluding steroid dienone is 5. The van der Waals surface area contributed by atoms with Crippen LogP contribution in [0.3, 0.4) is 0 Å². The van der Waals surface area contributed by atoms with Gasteiger partial charge in [0, 0.05) is 33.8 Å². The maximum absolute atomic E-state index is 5.62. The van der Waals surface area contributed by atoms with Gasteiger partial charge in [-0.15, -0.1) is 0 Å². The van der Waals surface area contributed by atoms with Crippen LogP contribution in [-0.2, 0) is 21.7 Å². The number of hydrogen-bond acceptors (Lipinski definition) is 1. The van der Waals surface area contributed by atoms with Crippen LogP contribution >= 0.6 is 5.70 Å². The smallest absolute Gasteiger partial charge is 0.0843 e. The fraction of sp³-hybridized carbons (Fsp3) is 0.579. The van der Waals surface area contributed by atoms with Gasteiger partial charge >= 0.3 is 0 Å². The minimum Gasteiger partial charge on any atom is -0.284 e. The third kappa shape index (κ3) is 7.23. The van der Waals surface area contributed by atoms with Crippen molar-refractivity contribution in [2.24, 2.45) is 4.74 Å². The van der Waals surface area contributed by atoms with E-state index in [1.165, 1.54) is 5.70 Å². The minimum absolute atomic E-state index is 0. The molecule has 1 aliphatic rings. The number of nitrogens with zero attached hydrogens (tertiary/aromatic N) is 1. The van der Waals surface area contributed by atoms with Gasteiger partial charge in [-0.3, -0.25) is 4.74 Å². The standard InChI is InChI=1S/C14H32NPSi3.C5H8.Ti/c1-17(2,3)16(18(4,5)6,19(7,8)9)15-14-12-10-11-13-14;1-4-5(2)3;/h10-12H,13H2,1-9H3;4H,1-2H2,3H3;. The van der Waals surface area contributed by atoms with Crippen molar-refractivity contribution in [3.05, 3.63) is 48.7 Å². The molecule has 0 spiro atoms. The SMILES string of the molecule is C=CC(=C)C.C[Si](C)(C)P(=NC1=CC=CC1)([Si](C)(C)C)[Si](C)(C)C.[Ti]. The van der Waals surface area contributed by atoms with Gasteiger partial charge in [0.25, 0.3) is 0 Å². The number of hydrogen-bond donors (Lipinski definition) is 0. The van der Waals surface area contributed by atoms with Gasteiger partial charge in [-0.25, -0.2) is 0 Å². The molecule has 0 unspecified atom stereocenters. The van der Waals surface area contributed by atoms with E-state index < -0.39 is 28.9 Å². The van der Waals surface area contributed by atoms with Crippen molar-refractivity contribution in [2.45, 2.75) is 72.3 Å². The Kier molecular flexibility index (Phi) is 11.3. The van der Waals surface area contributed by atoms with Gasteiger partial charge in [0.15, 0.2) is 0 Å². The van der Waals surface area contributed by atoms with Crippen LogP contribution in [0.15, 0.2) is 53.5 Å². The van der Waals surface area contributed by atoms with Gasteiger partial charge in [0.05, 0.1) is 23.2 Å². The van der Waals surface area contributed by atoms with Crippen molar-refractivity contribution in [3.8, 4) is 0 Å². The summed E-state index contributed by atoms with van der Waals surface area (Å²) in [5, 5.41) is 0. The summed E-state index contributed by atoms with van der Waals surface area (Å²) in [7, 11) is -3.83. The van der Waals surface area contributed by atoms with E-state index in [0.717, 1.165) is 12.0 Å². The molecule has 1 rings (SSSR count). The van der Waals surface area contributed by atoms with Gasteiger partial charge in [0.1, 0.15) is 0 Å². The molecule has 0 saturated heterocycles. The number of rotatable bonds is 5. The molecular formula is C19H40NPSi3Ti. The molecular weight excluding hydrogens is 405 g/mol. The Morgan fingerprint density at radius 1 is 1.00 bits per heavy atom. The predicted octanol–water partition coefficient (Wildman–Crippen LogP) is 8.28. The molecule has 0 amide bonds. The molecule has 0 heterocycles. The molecule has 6 heteroatoms. The van der Waals surface area contributed by atoms with Crippen molar-refractivity contribution in [1.82, 2.24) is 0 Å². The first-order valence-electron chi connectivity index (χ1n) is 8.86. The summed E-state index contributed by atoms with van der Waals surface area (Å²) in [6.45, 7) is 32.2. The normalized spacial score (nSPS) is 14.7. The van der Waals surface area contributed by atoms with Crippen LogP contribution in [0.25, 0.3) is 0 Å². The molecule has 0 saturated carbocycles. The molecule has 0 fully saturated rings. The zero-order chi connectivity index (χ0) is 19.4. The molecule has 1 nitrogen and oxygen atoms in total. The maximum Gasteiger partial charge on any atom is 0.0843 e. The van der Waals surface area contributed by atoms with E-state index in [-0.39, 0.29) is 21.7 Å². The molecule has 1 aliphatic carbocycles. The Morgan fingerprint density at radius 3 is 1.56 bits per heavy atom. The van der Waals surface area contributed by atoms with E-state index in [4.69, 9.17) is 4.74 Å². The molecule has 0 N–H and O–H groups in total. The van der Waals surface area contributed by atoms with Crippen molar-refractivity contribution >= 4 is 28.9 Å². The molecule has 25 heavy (non-hydrogen) atoms. The fourth-order valence-electron chi connectivity index (χ4n) is 4.17. The molecule has 0 aromatic heterocycles. The Balaban J connectivity index is 0. The first kappa shape index (κ1) is 27.8.